The zero-order valence-corrected chi connectivity index (χ0v) is 24.5. The van der Waals surface area contributed by atoms with Crippen LogP contribution in [-0.4, -0.2) is 19.9 Å². The van der Waals surface area contributed by atoms with E-state index in [9.17, 15) is 0 Å². The largest absolute Gasteiger partial charge is 0.451 e. The van der Waals surface area contributed by atoms with Gasteiger partial charge in [-0.05, 0) is 72.8 Å². The molecular formula is C40H24N4O2. The minimum absolute atomic E-state index is 0.705. The second-order valence-corrected chi connectivity index (χ2v) is 11.2. The van der Waals surface area contributed by atoms with E-state index in [0.717, 1.165) is 60.8 Å². The van der Waals surface area contributed by atoms with Gasteiger partial charge in [0.05, 0.1) is 11.4 Å². The third-order valence-corrected chi connectivity index (χ3v) is 8.62. The van der Waals surface area contributed by atoms with Crippen LogP contribution >= 0.6 is 0 Å². The number of oxazole rings is 2. The van der Waals surface area contributed by atoms with E-state index in [1.165, 1.54) is 29.1 Å². The van der Waals surface area contributed by atoms with Gasteiger partial charge in [-0.2, -0.15) is 0 Å². The van der Waals surface area contributed by atoms with Gasteiger partial charge in [0.1, 0.15) is 23.9 Å². The zero-order chi connectivity index (χ0) is 30.5. The maximum Gasteiger partial charge on any atom is 0.181 e. The Morgan fingerprint density at radius 3 is 1.52 bits per heavy atom. The molecule has 0 spiro atoms. The van der Waals surface area contributed by atoms with Crippen molar-refractivity contribution < 1.29 is 8.83 Å². The van der Waals surface area contributed by atoms with Crippen LogP contribution < -0.4 is 0 Å². The average Bonchev–Trinajstić information content (AvgIpc) is 3.87. The molecule has 0 unspecified atom stereocenters. The number of rotatable bonds is 5. The fraction of sp³-hybridized carbons (Fsp3) is 0. The van der Waals surface area contributed by atoms with Crippen molar-refractivity contribution in [1.82, 2.24) is 19.9 Å². The molecule has 6 heteroatoms. The minimum Gasteiger partial charge on any atom is -0.451 e. The third kappa shape index (κ3) is 4.27. The van der Waals surface area contributed by atoms with Gasteiger partial charge in [-0.1, -0.05) is 91.0 Å². The summed E-state index contributed by atoms with van der Waals surface area (Å²) >= 11 is 0. The van der Waals surface area contributed by atoms with Crippen LogP contribution in [0.5, 0.6) is 0 Å². The van der Waals surface area contributed by atoms with E-state index in [1.807, 2.05) is 24.5 Å². The lowest BCUT2D eigenvalue weighted by Crippen LogP contribution is -1.94. The monoisotopic (exact) mass is 592 g/mol. The molecule has 216 valence electrons. The van der Waals surface area contributed by atoms with Crippen LogP contribution in [0.2, 0.25) is 0 Å². The first kappa shape index (κ1) is 26.0. The van der Waals surface area contributed by atoms with Gasteiger partial charge in [0, 0.05) is 23.5 Å². The van der Waals surface area contributed by atoms with E-state index in [-0.39, 0.29) is 0 Å². The summed E-state index contributed by atoms with van der Waals surface area (Å²) in [5, 5.41) is 6.98. The maximum absolute atomic E-state index is 5.20. The molecule has 0 amide bonds. The number of hydrogen-bond donors (Lipinski definition) is 0. The Bertz CT molecular complexity index is 2500. The molecule has 4 heterocycles. The summed E-state index contributed by atoms with van der Waals surface area (Å²) in [7, 11) is 0. The van der Waals surface area contributed by atoms with Crippen molar-refractivity contribution in [2.75, 3.05) is 0 Å². The lowest BCUT2D eigenvalue weighted by Gasteiger charge is -2.19. The first-order valence-corrected chi connectivity index (χ1v) is 15.0. The predicted octanol–water partition coefficient (Wildman–Crippen LogP) is 10.2. The van der Waals surface area contributed by atoms with Gasteiger partial charge in [-0.15, -0.1) is 0 Å². The minimum atomic E-state index is 0.705. The summed E-state index contributed by atoms with van der Waals surface area (Å²) < 4.78 is 10.4. The van der Waals surface area contributed by atoms with Crippen LogP contribution in [0.25, 0.3) is 88.5 Å². The summed E-state index contributed by atoms with van der Waals surface area (Å²) in [6.07, 6.45) is 9.93. The van der Waals surface area contributed by atoms with E-state index < -0.39 is 0 Å². The lowest BCUT2D eigenvalue weighted by atomic mass is 9.85. The van der Waals surface area contributed by atoms with Crippen LogP contribution in [0.4, 0.5) is 0 Å². The van der Waals surface area contributed by atoms with Gasteiger partial charge in [-0.25, -0.2) is 9.97 Å². The third-order valence-electron chi connectivity index (χ3n) is 8.62. The van der Waals surface area contributed by atoms with Crippen molar-refractivity contribution in [1.29, 1.82) is 0 Å². The summed E-state index contributed by atoms with van der Waals surface area (Å²) in [6.45, 7) is 0. The van der Waals surface area contributed by atoms with Gasteiger partial charge in [0.25, 0.3) is 0 Å². The average molecular weight is 593 g/mol. The van der Waals surface area contributed by atoms with Crippen molar-refractivity contribution >= 4 is 32.3 Å². The highest BCUT2D eigenvalue weighted by molar-refractivity contribution is 6.22. The van der Waals surface area contributed by atoms with Crippen LogP contribution in [0.15, 0.2) is 156 Å². The molecule has 4 aromatic heterocycles. The highest BCUT2D eigenvalue weighted by Gasteiger charge is 2.19. The molecule has 0 aliphatic heterocycles. The van der Waals surface area contributed by atoms with Gasteiger partial charge >= 0.3 is 0 Å². The number of nitrogens with zero attached hydrogens (tertiary/aromatic N) is 4. The molecule has 0 bridgehead atoms. The first-order chi connectivity index (χ1) is 22.8. The molecule has 9 aromatic rings. The van der Waals surface area contributed by atoms with Gasteiger partial charge in [0.15, 0.2) is 12.8 Å². The molecule has 0 radical (unpaired) electrons. The van der Waals surface area contributed by atoms with Gasteiger partial charge in [0.2, 0.25) is 0 Å². The Morgan fingerprint density at radius 1 is 0.391 bits per heavy atom. The summed E-state index contributed by atoms with van der Waals surface area (Å²) in [6, 6.07) is 38.6. The van der Waals surface area contributed by atoms with E-state index in [2.05, 4.69) is 107 Å². The van der Waals surface area contributed by atoms with Crippen LogP contribution in [0.1, 0.15) is 0 Å². The van der Waals surface area contributed by atoms with Crippen molar-refractivity contribution in [2.45, 2.75) is 0 Å². The summed E-state index contributed by atoms with van der Waals surface area (Å²) in [5.74, 6) is 0. The standard InChI is InChI=1S/C40H24N4O2/c1-2-8-29-25(6-1)7-5-11-30(29)26-12-15-33-34(18-26)40(28-14-17-36(42-20-28)38-22-46-24-44-38)32-10-4-3-9-31(32)39(33)27-13-16-35(41-19-27)37-21-45-23-43-37/h1-24H. The smallest absolute Gasteiger partial charge is 0.181 e. The van der Waals surface area contributed by atoms with Crippen molar-refractivity contribution in [3.05, 3.63) is 147 Å². The molecule has 0 N–H and O–H groups in total. The Labute approximate surface area is 263 Å². The molecule has 0 saturated carbocycles. The van der Waals surface area contributed by atoms with Crippen molar-refractivity contribution in [3.8, 4) is 56.2 Å². The van der Waals surface area contributed by atoms with Crippen LogP contribution in [-0.2, 0) is 0 Å². The van der Waals surface area contributed by atoms with E-state index in [0.29, 0.717) is 11.4 Å². The topological polar surface area (TPSA) is 77.8 Å². The first-order valence-electron chi connectivity index (χ1n) is 15.0. The highest BCUT2D eigenvalue weighted by atomic mass is 16.3. The van der Waals surface area contributed by atoms with E-state index in [4.69, 9.17) is 18.8 Å². The molecule has 5 aromatic carbocycles. The second kappa shape index (κ2) is 10.6. The van der Waals surface area contributed by atoms with Crippen LogP contribution in [0.3, 0.4) is 0 Å². The Morgan fingerprint density at radius 2 is 0.935 bits per heavy atom. The van der Waals surface area contributed by atoms with Gasteiger partial charge in [-0.3, -0.25) is 9.97 Å². The van der Waals surface area contributed by atoms with E-state index in [1.54, 1.807) is 12.5 Å². The summed E-state index contributed by atoms with van der Waals surface area (Å²) in [4.78, 5) is 18.1. The number of pyridine rings is 2. The second-order valence-electron chi connectivity index (χ2n) is 11.2. The number of aromatic nitrogens is 4. The molecular weight excluding hydrogens is 568 g/mol. The maximum atomic E-state index is 5.20. The van der Waals surface area contributed by atoms with Crippen molar-refractivity contribution in [3.63, 3.8) is 0 Å². The molecule has 0 saturated heterocycles. The fourth-order valence-electron chi connectivity index (χ4n) is 6.51. The fourth-order valence-corrected chi connectivity index (χ4v) is 6.51. The quantitative estimate of drug-likeness (QED) is 0.185. The molecule has 6 nitrogen and oxygen atoms in total. The Kier molecular flexibility index (Phi) is 6.03. The molecule has 0 aliphatic carbocycles. The number of benzene rings is 5. The molecule has 0 fully saturated rings. The number of hydrogen-bond acceptors (Lipinski definition) is 6. The highest BCUT2D eigenvalue weighted by Crippen LogP contribution is 2.45. The molecule has 9 rings (SSSR count). The van der Waals surface area contributed by atoms with Crippen LogP contribution in [0, 0.1) is 0 Å². The lowest BCUT2D eigenvalue weighted by molar-refractivity contribution is 0.558. The Balaban J connectivity index is 1.33. The number of fused-ring (bicyclic) bond motifs is 3. The molecule has 0 aliphatic rings. The zero-order valence-electron chi connectivity index (χ0n) is 24.5. The van der Waals surface area contributed by atoms with Crippen molar-refractivity contribution in [2.24, 2.45) is 0 Å². The molecule has 0 atom stereocenters. The Hall–Kier alpha value is -6.40. The normalized spacial score (nSPS) is 11.5. The molecule has 46 heavy (non-hydrogen) atoms. The van der Waals surface area contributed by atoms with E-state index >= 15 is 0 Å². The van der Waals surface area contributed by atoms with Gasteiger partial charge < -0.3 is 8.83 Å². The predicted molar refractivity (Wildman–Crippen MR) is 182 cm³/mol. The SMILES string of the molecule is c1ccc2c(-c3ccc4c(-c5ccc(-c6cocn6)nc5)c5ccccc5c(-c5ccc(-c6cocn6)nc5)c4c3)cccc2c1. The summed E-state index contributed by atoms with van der Waals surface area (Å²) in [5.41, 5.74) is 9.59.